The van der Waals surface area contributed by atoms with Crippen LogP contribution in [0.3, 0.4) is 0 Å². The summed E-state index contributed by atoms with van der Waals surface area (Å²) in [7, 11) is 0. The van der Waals surface area contributed by atoms with Gasteiger partial charge in [0.2, 0.25) is 5.91 Å². The van der Waals surface area contributed by atoms with Gasteiger partial charge in [0.15, 0.2) is 0 Å². The van der Waals surface area contributed by atoms with Crippen molar-refractivity contribution in [3.8, 4) is 0 Å². The van der Waals surface area contributed by atoms with Gasteiger partial charge in [-0.1, -0.05) is 30.3 Å². The summed E-state index contributed by atoms with van der Waals surface area (Å²) in [4.78, 5) is 14.4. The monoisotopic (exact) mass is 278 g/mol. The first-order chi connectivity index (χ1) is 9.24. The zero-order valence-electron chi connectivity index (χ0n) is 11.4. The van der Waals surface area contributed by atoms with Crippen molar-refractivity contribution in [2.75, 3.05) is 18.6 Å². The predicted octanol–water partition coefficient (Wildman–Crippen LogP) is 2.43. The zero-order chi connectivity index (χ0) is 13.7. The van der Waals surface area contributed by atoms with Crippen LogP contribution in [0.1, 0.15) is 30.9 Å². The summed E-state index contributed by atoms with van der Waals surface area (Å²) in [6.45, 7) is 0.839. The number of benzene rings is 1. The molecule has 3 nitrogen and oxygen atoms in total. The van der Waals surface area contributed by atoms with E-state index < -0.39 is 0 Å². The summed E-state index contributed by atoms with van der Waals surface area (Å²) in [5.41, 5.74) is 7.25. The highest BCUT2D eigenvalue weighted by Gasteiger charge is 2.32. The van der Waals surface area contributed by atoms with Gasteiger partial charge in [-0.3, -0.25) is 4.79 Å². The summed E-state index contributed by atoms with van der Waals surface area (Å²) in [6.07, 6.45) is 4.92. The third-order valence-corrected chi connectivity index (χ3v) is 4.31. The van der Waals surface area contributed by atoms with Crippen LogP contribution >= 0.6 is 11.8 Å². The summed E-state index contributed by atoms with van der Waals surface area (Å²) < 4.78 is 0. The molecule has 0 saturated carbocycles. The van der Waals surface area contributed by atoms with E-state index in [0.717, 1.165) is 31.6 Å². The maximum absolute atomic E-state index is 12.4. The van der Waals surface area contributed by atoms with Gasteiger partial charge in [-0.15, -0.1) is 0 Å². The van der Waals surface area contributed by atoms with Gasteiger partial charge in [0, 0.05) is 6.54 Å². The van der Waals surface area contributed by atoms with E-state index in [-0.39, 0.29) is 18.0 Å². The second-order valence-corrected chi connectivity index (χ2v) is 5.97. The van der Waals surface area contributed by atoms with E-state index in [1.807, 2.05) is 29.4 Å². The minimum Gasteiger partial charge on any atom is -0.334 e. The molecule has 104 valence electrons. The number of carbonyl (C=O) groups excluding carboxylic acids is 1. The van der Waals surface area contributed by atoms with Crippen molar-refractivity contribution in [1.29, 1.82) is 0 Å². The molecule has 1 amide bonds. The molecule has 0 aromatic heterocycles. The fraction of sp³-hybridized carbons (Fsp3) is 0.533. The molecule has 1 heterocycles. The van der Waals surface area contributed by atoms with Crippen molar-refractivity contribution >= 4 is 17.7 Å². The van der Waals surface area contributed by atoms with E-state index in [1.165, 1.54) is 5.56 Å². The van der Waals surface area contributed by atoms with Crippen LogP contribution in [-0.2, 0) is 4.79 Å². The van der Waals surface area contributed by atoms with Gasteiger partial charge in [0.05, 0.1) is 12.1 Å². The van der Waals surface area contributed by atoms with Gasteiger partial charge in [-0.05, 0) is 36.8 Å². The lowest BCUT2D eigenvalue weighted by atomic mass is 10.0. The maximum Gasteiger partial charge on any atom is 0.240 e. The number of nitrogens with two attached hydrogens (primary N) is 1. The third-order valence-electron chi connectivity index (χ3n) is 3.67. The van der Waals surface area contributed by atoms with Gasteiger partial charge >= 0.3 is 0 Å². The Morgan fingerprint density at radius 2 is 2.21 bits per heavy atom. The Labute approximate surface area is 119 Å². The smallest absolute Gasteiger partial charge is 0.240 e. The van der Waals surface area contributed by atoms with Crippen LogP contribution in [0.4, 0.5) is 0 Å². The summed E-state index contributed by atoms with van der Waals surface area (Å²) in [5, 5.41) is 0. The second-order valence-electron chi connectivity index (χ2n) is 4.99. The lowest BCUT2D eigenvalue weighted by molar-refractivity contribution is -0.133. The number of carbonyl (C=O) groups is 1. The Morgan fingerprint density at radius 1 is 1.47 bits per heavy atom. The van der Waals surface area contributed by atoms with Gasteiger partial charge in [-0.25, -0.2) is 0 Å². The maximum atomic E-state index is 12.4. The molecule has 0 bridgehead atoms. The van der Waals surface area contributed by atoms with Crippen LogP contribution in [0.15, 0.2) is 30.3 Å². The quantitative estimate of drug-likeness (QED) is 0.900. The second kappa shape index (κ2) is 6.96. The standard InChI is InChI=1S/C15H22N2OS/c1-19-11-9-13(16)15(18)17-10-5-8-14(17)12-6-3-2-4-7-12/h2-4,6-7,13-14H,5,8-11,16H2,1H3/t13-,14?/m1/s1. The molecule has 4 heteroatoms. The van der Waals surface area contributed by atoms with Crippen LogP contribution in [-0.4, -0.2) is 35.4 Å². The van der Waals surface area contributed by atoms with Gasteiger partial charge in [-0.2, -0.15) is 11.8 Å². The number of hydrogen-bond acceptors (Lipinski definition) is 3. The van der Waals surface area contributed by atoms with Crippen molar-refractivity contribution in [3.63, 3.8) is 0 Å². The molecule has 0 radical (unpaired) electrons. The first kappa shape index (κ1) is 14.4. The lowest BCUT2D eigenvalue weighted by Crippen LogP contribution is -2.43. The molecule has 2 rings (SSSR count). The minimum atomic E-state index is -0.350. The van der Waals surface area contributed by atoms with Gasteiger partial charge < -0.3 is 10.6 Å². The number of nitrogens with zero attached hydrogens (tertiary/aromatic N) is 1. The zero-order valence-corrected chi connectivity index (χ0v) is 12.2. The SMILES string of the molecule is CSCC[C@@H](N)C(=O)N1CCCC1c1ccccc1. The lowest BCUT2D eigenvalue weighted by Gasteiger charge is -2.27. The molecule has 1 unspecified atom stereocenters. The van der Waals surface area contributed by atoms with E-state index in [4.69, 9.17) is 5.73 Å². The molecule has 0 aliphatic carbocycles. The van der Waals surface area contributed by atoms with Gasteiger partial charge in [0.25, 0.3) is 0 Å². The van der Waals surface area contributed by atoms with E-state index in [1.54, 1.807) is 11.8 Å². The first-order valence-electron chi connectivity index (χ1n) is 6.84. The Morgan fingerprint density at radius 3 is 2.89 bits per heavy atom. The highest BCUT2D eigenvalue weighted by atomic mass is 32.2. The molecule has 2 atom stereocenters. The van der Waals surface area contributed by atoms with Crippen molar-refractivity contribution in [2.45, 2.75) is 31.3 Å². The van der Waals surface area contributed by atoms with Crippen molar-refractivity contribution in [1.82, 2.24) is 4.90 Å². The summed E-state index contributed by atoms with van der Waals surface area (Å²) in [6, 6.07) is 10.1. The Balaban J connectivity index is 2.04. The fourth-order valence-electron chi connectivity index (χ4n) is 2.63. The summed E-state index contributed by atoms with van der Waals surface area (Å²) in [5.74, 6) is 1.05. The molecule has 1 aromatic rings. The Hall–Kier alpha value is -1.00. The molecule has 0 spiro atoms. The average molecular weight is 278 g/mol. The molecule has 1 fully saturated rings. The molecule has 1 saturated heterocycles. The van der Waals surface area contributed by atoms with E-state index in [2.05, 4.69) is 12.1 Å². The topological polar surface area (TPSA) is 46.3 Å². The molecule has 1 aliphatic heterocycles. The van der Waals surface area contributed by atoms with Crippen molar-refractivity contribution < 1.29 is 4.79 Å². The van der Waals surface area contributed by atoms with Crippen LogP contribution in [0, 0.1) is 0 Å². The predicted molar refractivity (Wildman–Crippen MR) is 81.1 cm³/mol. The highest BCUT2D eigenvalue weighted by Crippen LogP contribution is 2.32. The van der Waals surface area contributed by atoms with Crippen LogP contribution in [0.2, 0.25) is 0 Å². The molecule has 2 N–H and O–H groups in total. The van der Waals surface area contributed by atoms with Crippen molar-refractivity contribution in [2.24, 2.45) is 5.73 Å². The normalized spacial score (nSPS) is 20.5. The first-order valence-corrected chi connectivity index (χ1v) is 8.23. The molecular weight excluding hydrogens is 256 g/mol. The number of likely N-dealkylation sites (tertiary alicyclic amines) is 1. The highest BCUT2D eigenvalue weighted by molar-refractivity contribution is 7.98. The van der Waals surface area contributed by atoms with Crippen molar-refractivity contribution in [3.05, 3.63) is 35.9 Å². The minimum absolute atomic E-state index is 0.111. The van der Waals surface area contributed by atoms with Crippen LogP contribution in [0.5, 0.6) is 0 Å². The number of amides is 1. The molecule has 1 aliphatic rings. The molecular formula is C15H22N2OS. The Bertz CT molecular complexity index is 410. The molecule has 19 heavy (non-hydrogen) atoms. The third kappa shape index (κ3) is 3.51. The average Bonchev–Trinajstić information content (AvgIpc) is 2.94. The number of hydrogen-bond donors (Lipinski definition) is 1. The number of rotatable bonds is 5. The van der Waals surface area contributed by atoms with E-state index in [0.29, 0.717) is 0 Å². The molecule has 1 aromatic carbocycles. The van der Waals surface area contributed by atoms with Crippen LogP contribution < -0.4 is 5.73 Å². The van der Waals surface area contributed by atoms with E-state index >= 15 is 0 Å². The fourth-order valence-corrected chi connectivity index (χ4v) is 3.12. The van der Waals surface area contributed by atoms with Crippen LogP contribution in [0.25, 0.3) is 0 Å². The largest absolute Gasteiger partial charge is 0.334 e. The number of thioether (sulfide) groups is 1. The Kier molecular flexibility index (Phi) is 5.28. The summed E-state index contributed by atoms with van der Waals surface area (Å²) >= 11 is 1.74. The van der Waals surface area contributed by atoms with E-state index in [9.17, 15) is 4.79 Å². The van der Waals surface area contributed by atoms with Gasteiger partial charge in [0.1, 0.15) is 0 Å².